The van der Waals surface area contributed by atoms with Crippen LogP contribution in [0.5, 0.6) is 0 Å². The molecule has 0 saturated heterocycles. The third kappa shape index (κ3) is 7.01. The van der Waals surface area contributed by atoms with Gasteiger partial charge in [0, 0.05) is 18.3 Å². The highest BCUT2D eigenvalue weighted by Gasteiger charge is 2.05. The van der Waals surface area contributed by atoms with Crippen LogP contribution < -0.4 is 16.0 Å². The Hall–Kier alpha value is -1.73. The van der Waals surface area contributed by atoms with Gasteiger partial charge in [0.15, 0.2) is 0 Å². The Morgan fingerprint density at radius 3 is 2.52 bits per heavy atom. The zero-order chi connectivity index (χ0) is 15.7. The van der Waals surface area contributed by atoms with Gasteiger partial charge in [-0.25, -0.2) is 13.6 Å². The molecule has 3 N–H and O–H groups in total. The summed E-state index contributed by atoms with van der Waals surface area (Å²) in [5.41, 5.74) is 1.77. The molecule has 1 rings (SSSR count). The van der Waals surface area contributed by atoms with Crippen LogP contribution in [0.2, 0.25) is 0 Å². The lowest BCUT2D eigenvalue weighted by molar-refractivity contribution is 0.0194. The number of halogens is 2. The minimum atomic E-state index is -2.49. The van der Waals surface area contributed by atoms with E-state index in [9.17, 15) is 13.6 Å². The SMILES string of the molecule is CNC(C)c1ccc(NC(=O)NCCOCC(F)F)cc1. The summed E-state index contributed by atoms with van der Waals surface area (Å²) in [6, 6.07) is 7.28. The van der Waals surface area contributed by atoms with Crippen molar-refractivity contribution in [3.8, 4) is 0 Å². The van der Waals surface area contributed by atoms with E-state index in [1.54, 1.807) is 12.1 Å². The molecule has 0 aromatic heterocycles. The van der Waals surface area contributed by atoms with E-state index in [0.717, 1.165) is 5.56 Å². The van der Waals surface area contributed by atoms with Crippen molar-refractivity contribution in [1.29, 1.82) is 0 Å². The molecular weight excluding hydrogens is 280 g/mol. The number of carbonyl (C=O) groups is 1. The number of alkyl halides is 2. The number of carbonyl (C=O) groups excluding carboxylic acids is 1. The normalized spacial score (nSPS) is 12.2. The van der Waals surface area contributed by atoms with Gasteiger partial charge in [-0.3, -0.25) is 0 Å². The van der Waals surface area contributed by atoms with Gasteiger partial charge in [0.1, 0.15) is 6.61 Å². The molecule has 2 amide bonds. The number of urea groups is 1. The third-order valence-electron chi connectivity index (χ3n) is 2.88. The fourth-order valence-corrected chi connectivity index (χ4v) is 1.61. The van der Waals surface area contributed by atoms with Crippen molar-refractivity contribution < 1.29 is 18.3 Å². The Labute approximate surface area is 123 Å². The minimum Gasteiger partial charge on any atom is -0.374 e. The van der Waals surface area contributed by atoms with Gasteiger partial charge in [0.25, 0.3) is 6.43 Å². The van der Waals surface area contributed by atoms with Crippen LogP contribution in [0.25, 0.3) is 0 Å². The maximum Gasteiger partial charge on any atom is 0.319 e. The summed E-state index contributed by atoms with van der Waals surface area (Å²) in [6.45, 7) is 1.65. The van der Waals surface area contributed by atoms with E-state index >= 15 is 0 Å². The van der Waals surface area contributed by atoms with E-state index in [0.29, 0.717) is 5.69 Å². The lowest BCUT2D eigenvalue weighted by Crippen LogP contribution is -2.31. The molecule has 1 aromatic carbocycles. The van der Waals surface area contributed by atoms with Crippen molar-refractivity contribution in [1.82, 2.24) is 10.6 Å². The van der Waals surface area contributed by atoms with E-state index in [2.05, 4.69) is 20.7 Å². The van der Waals surface area contributed by atoms with Gasteiger partial charge >= 0.3 is 6.03 Å². The molecule has 0 bridgehead atoms. The van der Waals surface area contributed by atoms with E-state index < -0.39 is 19.1 Å². The molecule has 0 saturated carbocycles. The molecule has 1 unspecified atom stereocenters. The summed E-state index contributed by atoms with van der Waals surface area (Å²) < 4.78 is 28.2. The number of hydrogen-bond donors (Lipinski definition) is 3. The molecular formula is C14H21F2N3O2. The first-order valence-electron chi connectivity index (χ1n) is 6.71. The van der Waals surface area contributed by atoms with Gasteiger partial charge in [0.05, 0.1) is 6.61 Å². The van der Waals surface area contributed by atoms with Crippen molar-refractivity contribution in [2.75, 3.05) is 32.1 Å². The molecule has 5 nitrogen and oxygen atoms in total. The number of anilines is 1. The first-order valence-corrected chi connectivity index (χ1v) is 6.71. The average molecular weight is 301 g/mol. The van der Waals surface area contributed by atoms with Crippen LogP contribution in [0.1, 0.15) is 18.5 Å². The summed E-state index contributed by atoms with van der Waals surface area (Å²) in [7, 11) is 1.88. The number of ether oxygens (including phenoxy) is 1. The lowest BCUT2D eigenvalue weighted by atomic mass is 10.1. The van der Waals surface area contributed by atoms with Gasteiger partial charge in [-0.1, -0.05) is 12.1 Å². The van der Waals surface area contributed by atoms with Gasteiger partial charge in [-0.05, 0) is 31.7 Å². The summed E-state index contributed by atoms with van der Waals surface area (Å²) >= 11 is 0. The van der Waals surface area contributed by atoms with Gasteiger partial charge < -0.3 is 20.7 Å². The minimum absolute atomic E-state index is 0.0520. The first kappa shape index (κ1) is 17.3. The number of nitrogens with one attached hydrogen (secondary N) is 3. The predicted octanol–water partition coefficient (Wildman–Crippen LogP) is 2.37. The van der Waals surface area contributed by atoms with Crippen LogP contribution in [-0.2, 0) is 4.74 Å². The molecule has 0 spiro atoms. The fourth-order valence-electron chi connectivity index (χ4n) is 1.61. The Morgan fingerprint density at radius 2 is 1.95 bits per heavy atom. The molecule has 0 aliphatic carbocycles. The topological polar surface area (TPSA) is 62.4 Å². The molecule has 0 heterocycles. The second kappa shape index (κ2) is 9.25. The Morgan fingerprint density at radius 1 is 1.29 bits per heavy atom. The summed E-state index contributed by atoms with van der Waals surface area (Å²) in [5, 5.41) is 8.29. The maximum atomic E-state index is 11.8. The summed E-state index contributed by atoms with van der Waals surface area (Å²) in [6.07, 6.45) is -2.49. The summed E-state index contributed by atoms with van der Waals surface area (Å²) in [4.78, 5) is 11.5. The number of amides is 2. The molecule has 1 atom stereocenters. The standard InChI is InChI=1S/C14H21F2N3O2/c1-10(17-2)11-3-5-12(6-4-11)19-14(20)18-7-8-21-9-13(15)16/h3-6,10,13,17H,7-9H2,1-2H3,(H2,18,19,20). The van der Waals surface area contributed by atoms with Crippen molar-refractivity contribution in [2.24, 2.45) is 0 Å². The van der Waals surface area contributed by atoms with Crippen LogP contribution in [0.4, 0.5) is 19.3 Å². The zero-order valence-electron chi connectivity index (χ0n) is 12.2. The monoisotopic (exact) mass is 301 g/mol. The molecule has 1 aromatic rings. The Kier molecular flexibility index (Phi) is 7.63. The lowest BCUT2D eigenvalue weighted by Gasteiger charge is -2.12. The molecule has 0 radical (unpaired) electrons. The highest BCUT2D eigenvalue weighted by Crippen LogP contribution is 2.15. The van der Waals surface area contributed by atoms with Crippen LogP contribution >= 0.6 is 0 Å². The summed E-state index contributed by atoms with van der Waals surface area (Å²) in [5.74, 6) is 0. The van der Waals surface area contributed by atoms with Gasteiger partial charge in [-0.2, -0.15) is 0 Å². The van der Waals surface area contributed by atoms with E-state index in [1.165, 1.54) is 0 Å². The highest BCUT2D eigenvalue weighted by atomic mass is 19.3. The van der Waals surface area contributed by atoms with Crippen molar-refractivity contribution in [3.05, 3.63) is 29.8 Å². The Bertz CT molecular complexity index is 427. The van der Waals surface area contributed by atoms with E-state index in [1.807, 2.05) is 26.1 Å². The zero-order valence-corrected chi connectivity index (χ0v) is 12.2. The van der Waals surface area contributed by atoms with Crippen molar-refractivity contribution in [3.63, 3.8) is 0 Å². The number of benzene rings is 1. The van der Waals surface area contributed by atoms with Crippen LogP contribution in [0.3, 0.4) is 0 Å². The number of hydrogen-bond acceptors (Lipinski definition) is 3. The molecule has 21 heavy (non-hydrogen) atoms. The maximum absolute atomic E-state index is 11.8. The average Bonchev–Trinajstić information content (AvgIpc) is 2.46. The predicted molar refractivity (Wildman–Crippen MR) is 77.8 cm³/mol. The van der Waals surface area contributed by atoms with E-state index in [4.69, 9.17) is 0 Å². The van der Waals surface area contributed by atoms with Crippen LogP contribution in [0.15, 0.2) is 24.3 Å². The van der Waals surface area contributed by atoms with Crippen molar-refractivity contribution in [2.45, 2.75) is 19.4 Å². The largest absolute Gasteiger partial charge is 0.374 e. The third-order valence-corrected chi connectivity index (χ3v) is 2.88. The quantitative estimate of drug-likeness (QED) is 0.646. The second-order valence-electron chi connectivity index (χ2n) is 4.48. The number of rotatable bonds is 8. The highest BCUT2D eigenvalue weighted by molar-refractivity contribution is 5.89. The molecule has 7 heteroatoms. The first-order chi connectivity index (χ1) is 10.0. The van der Waals surface area contributed by atoms with Gasteiger partial charge in [0.2, 0.25) is 0 Å². The van der Waals surface area contributed by atoms with Gasteiger partial charge in [-0.15, -0.1) is 0 Å². The molecule has 0 aliphatic heterocycles. The Balaban J connectivity index is 2.28. The smallest absolute Gasteiger partial charge is 0.319 e. The fraction of sp³-hybridized carbons (Fsp3) is 0.500. The molecule has 118 valence electrons. The van der Waals surface area contributed by atoms with E-state index in [-0.39, 0.29) is 19.2 Å². The van der Waals surface area contributed by atoms with Crippen molar-refractivity contribution >= 4 is 11.7 Å². The molecule has 0 fully saturated rings. The van der Waals surface area contributed by atoms with Crippen LogP contribution in [0, 0.1) is 0 Å². The second-order valence-corrected chi connectivity index (χ2v) is 4.48. The molecule has 0 aliphatic rings. The van der Waals surface area contributed by atoms with Crippen LogP contribution in [-0.4, -0.2) is 39.3 Å².